The molecule has 0 saturated carbocycles. The molecule has 0 bridgehead atoms. The lowest BCUT2D eigenvalue weighted by Crippen LogP contribution is -2.33. The molecule has 2 heterocycles. The summed E-state index contributed by atoms with van der Waals surface area (Å²) in [6.07, 6.45) is 7.87. The SMILES string of the molecule is CC(C)C[C@](C)(Cc1ccccc1)C(=O)Cl.CC(C)C[C@](C)(Cc1ccccc1)C(=O)O.Cc1c(CC(=O)[C@@](C)(Cc2ccccc2)CC(C)C)cnc2c(F)cccc12.Cc1c(N)cnc2c(F)cccc12. The van der Waals surface area contributed by atoms with Crippen LogP contribution < -0.4 is 5.73 Å². The Morgan fingerprint density at radius 2 is 0.918 bits per heavy atom. The summed E-state index contributed by atoms with van der Waals surface area (Å²) < 4.78 is 27.2. The molecule has 2 aromatic heterocycles. The van der Waals surface area contributed by atoms with Crippen molar-refractivity contribution in [1.82, 2.24) is 9.97 Å². The topological polar surface area (TPSA) is 123 Å². The number of nitrogen functional groups attached to an aromatic ring is 1. The molecule has 0 spiro atoms. The standard InChI is InChI=1S/C25H28FNO.C14H19ClO.C14H20O2.C10H9FN2/c1-17(2)14-25(4,15-19-9-6-5-7-10-19)23(28)13-20-16-27-24-21(18(20)3)11-8-12-22(24)26;2*1-11(2)9-14(3,13(15)16)10-12-7-5-4-6-8-12;1-6-7-3-2-4-8(11)10(7)13-5-9(6)12/h5-12,16-17H,13-15H2,1-4H3;4-8,11H,9-10H2,1-3H3;4-8,11H,9-10H2,1-3H3,(H,15,16);2-5H,12H2,1H3/t25-;2*14-;/m111./s1. The van der Waals surface area contributed by atoms with Gasteiger partial charge in [-0.1, -0.05) is 171 Å². The Bertz CT molecular complexity index is 2820. The lowest BCUT2D eigenvalue weighted by Gasteiger charge is -2.30. The van der Waals surface area contributed by atoms with E-state index in [2.05, 4.69) is 70.6 Å². The van der Waals surface area contributed by atoms with Gasteiger partial charge in [-0.25, -0.2) is 8.78 Å². The van der Waals surface area contributed by atoms with E-state index in [9.17, 15) is 28.3 Å². The van der Waals surface area contributed by atoms with Gasteiger partial charge in [0.05, 0.1) is 17.3 Å². The molecular weight excluding hydrogens is 936 g/mol. The Morgan fingerprint density at radius 1 is 0.548 bits per heavy atom. The number of hydrogen-bond donors (Lipinski definition) is 2. The monoisotopic (exact) mass is 1010 g/mol. The van der Waals surface area contributed by atoms with Crippen LogP contribution in [-0.2, 0) is 40.1 Å². The molecule has 73 heavy (non-hydrogen) atoms. The van der Waals surface area contributed by atoms with E-state index in [0.717, 1.165) is 52.3 Å². The van der Waals surface area contributed by atoms with Crippen LogP contribution in [0.1, 0.15) is 115 Å². The maximum absolute atomic E-state index is 14.0. The van der Waals surface area contributed by atoms with Gasteiger partial charge in [0.25, 0.3) is 0 Å². The summed E-state index contributed by atoms with van der Waals surface area (Å²) in [6.45, 7) is 22.3. The number of para-hydroxylation sites is 2. The predicted molar refractivity (Wildman–Crippen MR) is 298 cm³/mol. The average molecular weight is 1010 g/mol. The lowest BCUT2D eigenvalue weighted by molar-refractivity contribution is -0.148. The number of anilines is 1. The highest BCUT2D eigenvalue weighted by atomic mass is 35.5. The number of carbonyl (C=O) groups excluding carboxylic acids is 2. The quantitative estimate of drug-likeness (QED) is 0.0871. The van der Waals surface area contributed by atoms with Gasteiger partial charge >= 0.3 is 5.97 Å². The number of aliphatic carboxylic acids is 1. The predicted octanol–water partition coefficient (Wildman–Crippen LogP) is 15.8. The molecule has 0 unspecified atom stereocenters. The van der Waals surface area contributed by atoms with Gasteiger partial charge in [0.1, 0.15) is 28.5 Å². The van der Waals surface area contributed by atoms with Crippen molar-refractivity contribution in [2.45, 2.75) is 121 Å². The second-order valence-electron chi connectivity index (χ2n) is 21.7. The van der Waals surface area contributed by atoms with E-state index in [0.29, 0.717) is 60.2 Å². The van der Waals surface area contributed by atoms with Crippen LogP contribution in [0, 0.1) is 59.5 Å². The molecule has 10 heteroatoms. The van der Waals surface area contributed by atoms with Crippen LogP contribution in [-0.4, -0.2) is 32.1 Å². The number of pyridine rings is 2. The summed E-state index contributed by atoms with van der Waals surface area (Å²) in [5.74, 6) is 0.160. The van der Waals surface area contributed by atoms with Crippen molar-refractivity contribution in [2.24, 2.45) is 34.0 Å². The number of halogens is 3. The zero-order valence-electron chi connectivity index (χ0n) is 44.7. The van der Waals surface area contributed by atoms with Crippen LogP contribution >= 0.6 is 11.6 Å². The number of ketones is 1. The third kappa shape index (κ3) is 17.4. The number of nitrogens with zero attached hydrogens (tertiary/aromatic N) is 2. The Kier molecular flexibility index (Phi) is 22.0. The van der Waals surface area contributed by atoms with Crippen molar-refractivity contribution in [3.05, 3.63) is 185 Å². The molecule has 7 nitrogen and oxygen atoms in total. The minimum Gasteiger partial charge on any atom is -0.481 e. The normalized spacial score (nSPS) is 13.6. The fraction of sp³-hybridized carbons (Fsp3) is 0.381. The number of fused-ring (bicyclic) bond motifs is 2. The van der Waals surface area contributed by atoms with Crippen LogP contribution in [0.5, 0.6) is 0 Å². The Labute approximate surface area is 438 Å². The number of carboxylic acids is 1. The van der Waals surface area contributed by atoms with E-state index < -0.39 is 22.2 Å². The van der Waals surface area contributed by atoms with Crippen LogP contribution in [0.4, 0.5) is 14.5 Å². The van der Waals surface area contributed by atoms with E-state index in [-0.39, 0.29) is 22.7 Å². The highest BCUT2D eigenvalue weighted by Gasteiger charge is 2.36. The van der Waals surface area contributed by atoms with Crippen molar-refractivity contribution >= 4 is 56.1 Å². The second-order valence-corrected chi connectivity index (χ2v) is 22.0. The maximum atomic E-state index is 14.0. The molecule has 0 radical (unpaired) electrons. The first-order valence-electron chi connectivity index (χ1n) is 25.3. The van der Waals surface area contributed by atoms with E-state index in [1.165, 1.54) is 29.5 Å². The van der Waals surface area contributed by atoms with Gasteiger partial charge in [0, 0.05) is 34.2 Å². The third-order valence-corrected chi connectivity index (χ3v) is 13.7. The first kappa shape index (κ1) is 59.2. The highest BCUT2D eigenvalue weighted by molar-refractivity contribution is 6.64. The van der Waals surface area contributed by atoms with Gasteiger partial charge in [-0.05, 0) is 134 Å². The van der Waals surface area contributed by atoms with Crippen molar-refractivity contribution in [2.75, 3.05) is 5.73 Å². The van der Waals surface area contributed by atoms with E-state index >= 15 is 0 Å². The molecule has 388 valence electrons. The largest absolute Gasteiger partial charge is 0.481 e. The fourth-order valence-corrected chi connectivity index (χ4v) is 9.99. The summed E-state index contributed by atoms with van der Waals surface area (Å²) >= 11 is 5.74. The van der Waals surface area contributed by atoms with Gasteiger partial charge in [0.15, 0.2) is 0 Å². The lowest BCUT2D eigenvalue weighted by atomic mass is 9.72. The molecule has 0 aliphatic rings. The number of nitrogens with two attached hydrogens (primary N) is 1. The molecule has 7 rings (SSSR count). The van der Waals surface area contributed by atoms with Crippen LogP contribution in [0.2, 0.25) is 0 Å². The number of Topliss-reactive ketones (excluding diaryl/α,β-unsaturated/α-hetero) is 1. The molecule has 5 aromatic carbocycles. The minimum absolute atomic E-state index is 0.214. The number of aryl methyl sites for hydroxylation is 2. The first-order valence-corrected chi connectivity index (χ1v) is 25.7. The summed E-state index contributed by atoms with van der Waals surface area (Å²) in [6, 6.07) is 39.9. The third-order valence-electron chi connectivity index (χ3n) is 13.3. The first-order chi connectivity index (χ1) is 34.4. The van der Waals surface area contributed by atoms with Gasteiger partial charge < -0.3 is 10.8 Å². The van der Waals surface area contributed by atoms with Gasteiger partial charge in [-0.3, -0.25) is 24.4 Å². The van der Waals surface area contributed by atoms with Crippen LogP contribution in [0.15, 0.2) is 140 Å². The van der Waals surface area contributed by atoms with Crippen molar-refractivity contribution in [3.8, 4) is 0 Å². The summed E-state index contributed by atoms with van der Waals surface area (Å²) in [5, 5.41) is 10.7. The number of benzene rings is 5. The average Bonchev–Trinajstić information content (AvgIpc) is 3.32. The zero-order valence-corrected chi connectivity index (χ0v) is 45.5. The van der Waals surface area contributed by atoms with Gasteiger partial charge in [-0.15, -0.1) is 0 Å². The maximum Gasteiger partial charge on any atom is 0.309 e. The molecule has 0 fully saturated rings. The molecule has 0 saturated heterocycles. The zero-order chi connectivity index (χ0) is 54.1. The van der Waals surface area contributed by atoms with E-state index in [1.807, 2.05) is 119 Å². The van der Waals surface area contributed by atoms with E-state index in [4.69, 9.17) is 17.3 Å². The molecule has 3 N–H and O–H groups in total. The number of carboxylic acid groups (broad SMARTS) is 1. The van der Waals surface area contributed by atoms with Crippen molar-refractivity contribution < 1.29 is 28.3 Å². The number of rotatable bonds is 17. The molecule has 0 aliphatic carbocycles. The fourth-order valence-electron chi connectivity index (χ4n) is 9.85. The number of carbonyl (C=O) groups is 3. The Morgan fingerprint density at radius 3 is 1.33 bits per heavy atom. The van der Waals surface area contributed by atoms with Crippen LogP contribution in [0.3, 0.4) is 0 Å². The summed E-state index contributed by atoms with van der Waals surface area (Å²) in [4.78, 5) is 44.6. The number of hydrogen-bond acceptors (Lipinski definition) is 6. The Balaban J connectivity index is 0.000000222. The minimum atomic E-state index is -0.704. The Hall–Kier alpha value is -6.32. The number of aromatic nitrogens is 2. The van der Waals surface area contributed by atoms with Crippen LogP contribution in [0.25, 0.3) is 21.8 Å². The molecule has 3 atom stereocenters. The summed E-state index contributed by atoms with van der Waals surface area (Å²) in [7, 11) is 0. The summed E-state index contributed by atoms with van der Waals surface area (Å²) in [5.41, 5.74) is 11.6. The second kappa shape index (κ2) is 27.1. The van der Waals surface area contributed by atoms with Crippen molar-refractivity contribution in [1.29, 1.82) is 0 Å². The molecule has 0 aliphatic heterocycles. The van der Waals surface area contributed by atoms with Crippen molar-refractivity contribution in [3.63, 3.8) is 0 Å². The molecular formula is C63H76ClF2N3O4. The molecule has 0 amide bonds. The van der Waals surface area contributed by atoms with E-state index in [1.54, 1.807) is 18.3 Å². The highest BCUT2D eigenvalue weighted by Crippen LogP contribution is 2.35. The smallest absolute Gasteiger partial charge is 0.309 e. The van der Waals surface area contributed by atoms with Gasteiger partial charge in [-0.2, -0.15) is 0 Å². The van der Waals surface area contributed by atoms with Gasteiger partial charge in [0.2, 0.25) is 5.24 Å². The molecule has 7 aromatic rings.